The van der Waals surface area contributed by atoms with Crippen molar-refractivity contribution in [2.45, 2.75) is 6.18 Å². The Bertz CT molecular complexity index is 879. The van der Waals surface area contributed by atoms with E-state index in [0.717, 1.165) is 22.7 Å². The Labute approximate surface area is 132 Å². The second-order valence-corrected chi connectivity index (χ2v) is 5.29. The van der Waals surface area contributed by atoms with E-state index in [4.69, 9.17) is 0 Å². The van der Waals surface area contributed by atoms with Crippen molar-refractivity contribution in [1.82, 2.24) is 0 Å². The number of pyridine rings is 1. The molecule has 0 aliphatic rings. The molecule has 0 aliphatic heterocycles. The van der Waals surface area contributed by atoms with E-state index in [2.05, 4.69) is 0 Å². The van der Waals surface area contributed by atoms with Gasteiger partial charge in [-0.3, -0.25) is 0 Å². The summed E-state index contributed by atoms with van der Waals surface area (Å²) >= 11 is 0. The van der Waals surface area contributed by atoms with E-state index in [-0.39, 0.29) is 5.56 Å². The molecule has 0 spiro atoms. The zero-order valence-corrected chi connectivity index (χ0v) is 12.5. The fraction of sp³-hybridized carbons (Fsp3) is 0.105. The Kier molecular flexibility index (Phi) is 3.90. The number of benzene rings is 2. The van der Waals surface area contributed by atoms with Gasteiger partial charge in [-0.15, -0.1) is 0 Å². The number of aromatic nitrogens is 1. The highest BCUT2D eigenvalue weighted by atomic mass is 19.4. The first-order chi connectivity index (χ1) is 11.0. The van der Waals surface area contributed by atoms with Crippen molar-refractivity contribution < 1.29 is 17.7 Å². The highest BCUT2D eigenvalue weighted by Crippen LogP contribution is 2.32. The van der Waals surface area contributed by atoms with Crippen LogP contribution in [0.25, 0.3) is 23.1 Å². The summed E-state index contributed by atoms with van der Waals surface area (Å²) in [5, 5.41) is 1.09. The van der Waals surface area contributed by atoms with Crippen molar-refractivity contribution in [2.24, 2.45) is 7.05 Å². The number of hydrogen-bond acceptors (Lipinski definition) is 0. The molecule has 4 heteroatoms. The third-order valence-electron chi connectivity index (χ3n) is 3.82. The summed E-state index contributed by atoms with van der Waals surface area (Å²) in [4.78, 5) is 0. The summed E-state index contributed by atoms with van der Waals surface area (Å²) < 4.78 is 41.0. The van der Waals surface area contributed by atoms with Crippen LogP contribution in [0.4, 0.5) is 13.2 Å². The third-order valence-corrected chi connectivity index (χ3v) is 3.82. The van der Waals surface area contributed by atoms with Crippen LogP contribution in [0.5, 0.6) is 0 Å². The Morgan fingerprint density at radius 3 is 2.30 bits per heavy atom. The van der Waals surface area contributed by atoms with Gasteiger partial charge in [-0.05, 0) is 29.8 Å². The molecular weight excluding hydrogens is 299 g/mol. The first-order valence-electron chi connectivity index (χ1n) is 7.19. The first kappa shape index (κ1) is 15.3. The molecule has 0 amide bonds. The molecule has 0 atom stereocenters. The number of rotatable bonds is 2. The number of aryl methyl sites for hydroxylation is 1. The van der Waals surface area contributed by atoms with Crippen LogP contribution in [-0.2, 0) is 13.2 Å². The van der Waals surface area contributed by atoms with Crippen LogP contribution in [0, 0.1) is 0 Å². The van der Waals surface area contributed by atoms with Crippen molar-refractivity contribution in [3.63, 3.8) is 0 Å². The van der Waals surface area contributed by atoms with Crippen LogP contribution in [-0.4, -0.2) is 0 Å². The van der Waals surface area contributed by atoms with Crippen molar-refractivity contribution in [3.05, 3.63) is 77.5 Å². The first-order valence-corrected chi connectivity index (χ1v) is 7.19. The zero-order chi connectivity index (χ0) is 16.4. The lowest BCUT2D eigenvalue weighted by Gasteiger charge is -2.09. The second kappa shape index (κ2) is 5.88. The van der Waals surface area contributed by atoms with E-state index in [9.17, 15) is 13.2 Å². The normalized spacial score (nSPS) is 12.2. The van der Waals surface area contributed by atoms with Gasteiger partial charge in [-0.1, -0.05) is 30.3 Å². The van der Waals surface area contributed by atoms with Crippen LogP contribution in [0.3, 0.4) is 0 Å². The van der Waals surface area contributed by atoms with Gasteiger partial charge in [0.2, 0.25) is 11.2 Å². The topological polar surface area (TPSA) is 3.88 Å². The molecule has 0 saturated carbocycles. The molecule has 0 bridgehead atoms. The van der Waals surface area contributed by atoms with Gasteiger partial charge >= 0.3 is 6.18 Å². The van der Waals surface area contributed by atoms with E-state index < -0.39 is 11.7 Å². The molecular formula is C19H15F3N+. The number of nitrogens with zero attached hydrogens (tertiary/aromatic N) is 1. The van der Waals surface area contributed by atoms with E-state index >= 15 is 0 Å². The molecule has 1 aromatic heterocycles. The lowest BCUT2D eigenvalue weighted by molar-refractivity contribution is -0.646. The van der Waals surface area contributed by atoms with E-state index in [1.165, 1.54) is 18.2 Å². The minimum atomic E-state index is -4.35. The van der Waals surface area contributed by atoms with Crippen LogP contribution >= 0.6 is 0 Å². The summed E-state index contributed by atoms with van der Waals surface area (Å²) in [7, 11) is 1.90. The molecule has 0 N–H and O–H groups in total. The van der Waals surface area contributed by atoms with Gasteiger partial charge in [0.05, 0.1) is 5.56 Å². The highest BCUT2D eigenvalue weighted by molar-refractivity contribution is 5.77. The van der Waals surface area contributed by atoms with Gasteiger partial charge < -0.3 is 0 Å². The number of fused-ring (bicyclic) bond motifs is 1. The van der Waals surface area contributed by atoms with E-state index in [1.807, 2.05) is 48.0 Å². The Hall–Kier alpha value is -2.62. The summed E-state index contributed by atoms with van der Waals surface area (Å²) in [5.41, 5.74) is 1.40. The Morgan fingerprint density at radius 2 is 1.52 bits per heavy atom. The average molecular weight is 314 g/mol. The predicted molar refractivity (Wildman–Crippen MR) is 85.5 cm³/mol. The molecule has 0 fully saturated rings. The summed E-state index contributed by atoms with van der Waals surface area (Å²) in [6, 6.07) is 17.3. The van der Waals surface area contributed by atoms with Crippen molar-refractivity contribution in [1.29, 1.82) is 0 Å². The molecule has 1 heterocycles. The minimum absolute atomic E-state index is 0.160. The summed E-state index contributed by atoms with van der Waals surface area (Å²) in [6.45, 7) is 0. The average Bonchev–Trinajstić information content (AvgIpc) is 2.54. The number of para-hydroxylation sites is 1. The van der Waals surface area contributed by atoms with Crippen molar-refractivity contribution in [3.8, 4) is 0 Å². The quantitative estimate of drug-likeness (QED) is 0.595. The molecule has 2 aromatic carbocycles. The van der Waals surface area contributed by atoms with E-state index in [1.54, 1.807) is 12.1 Å². The lowest BCUT2D eigenvalue weighted by Crippen LogP contribution is -2.32. The minimum Gasteiger partial charge on any atom is -0.195 e. The van der Waals surface area contributed by atoms with E-state index in [0.29, 0.717) is 0 Å². The monoisotopic (exact) mass is 314 g/mol. The maximum absolute atomic E-state index is 13.0. The Morgan fingerprint density at radius 1 is 0.826 bits per heavy atom. The van der Waals surface area contributed by atoms with Crippen LogP contribution in [0.15, 0.2) is 60.7 Å². The van der Waals surface area contributed by atoms with Gasteiger partial charge in [-0.2, -0.15) is 17.7 Å². The van der Waals surface area contributed by atoms with Gasteiger partial charge in [0.25, 0.3) is 0 Å². The fourth-order valence-corrected chi connectivity index (χ4v) is 2.60. The van der Waals surface area contributed by atoms with Crippen LogP contribution < -0.4 is 4.57 Å². The molecule has 116 valence electrons. The SMILES string of the molecule is C[n+]1c(C=Cc2ccccc2C(F)(F)F)ccc2ccccc21. The van der Waals surface area contributed by atoms with Gasteiger partial charge in [-0.25, -0.2) is 0 Å². The summed E-state index contributed by atoms with van der Waals surface area (Å²) in [5.74, 6) is 0. The van der Waals surface area contributed by atoms with Gasteiger partial charge in [0, 0.05) is 23.6 Å². The number of hydrogen-bond donors (Lipinski definition) is 0. The molecule has 1 nitrogen and oxygen atoms in total. The third kappa shape index (κ3) is 3.11. The standard InChI is InChI=1S/C19H15F3N/c1-23-16(13-11-15-7-3-5-9-18(15)23)12-10-14-6-2-4-8-17(14)19(20,21)22/h2-13H,1H3/q+1. The predicted octanol–water partition coefficient (Wildman–Crippen LogP) is 4.85. The van der Waals surface area contributed by atoms with Crippen molar-refractivity contribution in [2.75, 3.05) is 0 Å². The maximum Gasteiger partial charge on any atom is 0.416 e. The molecule has 0 unspecified atom stereocenters. The summed E-state index contributed by atoms with van der Waals surface area (Å²) in [6.07, 6.45) is -1.14. The van der Waals surface area contributed by atoms with Crippen LogP contribution in [0.1, 0.15) is 16.8 Å². The highest BCUT2D eigenvalue weighted by Gasteiger charge is 2.32. The molecule has 0 radical (unpaired) electrons. The number of halogens is 3. The molecule has 0 aliphatic carbocycles. The lowest BCUT2D eigenvalue weighted by atomic mass is 10.1. The number of alkyl halides is 3. The second-order valence-electron chi connectivity index (χ2n) is 5.29. The molecule has 23 heavy (non-hydrogen) atoms. The molecule has 3 rings (SSSR count). The largest absolute Gasteiger partial charge is 0.416 e. The Balaban J connectivity index is 2.03. The van der Waals surface area contributed by atoms with Crippen LogP contribution in [0.2, 0.25) is 0 Å². The maximum atomic E-state index is 13.0. The molecule has 0 saturated heterocycles. The van der Waals surface area contributed by atoms with Gasteiger partial charge in [0.1, 0.15) is 7.05 Å². The smallest absolute Gasteiger partial charge is 0.195 e. The van der Waals surface area contributed by atoms with Crippen molar-refractivity contribution >= 4 is 23.1 Å². The molecule has 3 aromatic rings. The zero-order valence-electron chi connectivity index (χ0n) is 12.5. The fourth-order valence-electron chi connectivity index (χ4n) is 2.60. The van der Waals surface area contributed by atoms with Gasteiger partial charge in [0.15, 0.2) is 0 Å².